The van der Waals surface area contributed by atoms with Crippen LogP contribution in [-0.4, -0.2) is 42.2 Å². The molecule has 30 heavy (non-hydrogen) atoms. The van der Waals surface area contributed by atoms with E-state index in [9.17, 15) is 4.79 Å². The fourth-order valence-electron chi connectivity index (χ4n) is 3.26. The summed E-state index contributed by atoms with van der Waals surface area (Å²) >= 11 is 4.37. The van der Waals surface area contributed by atoms with E-state index in [0.29, 0.717) is 6.42 Å². The second kappa shape index (κ2) is 20.8. The quantitative estimate of drug-likeness (QED) is 0.114. The predicted octanol–water partition coefficient (Wildman–Crippen LogP) is 6.03. The van der Waals surface area contributed by atoms with Crippen LogP contribution in [-0.2, 0) is 30.6 Å². The van der Waals surface area contributed by atoms with Crippen molar-refractivity contribution in [1.29, 1.82) is 0 Å². The summed E-state index contributed by atoms with van der Waals surface area (Å²) in [5.41, 5.74) is 0. The Labute approximate surface area is 189 Å². The lowest BCUT2D eigenvalue weighted by Gasteiger charge is -2.17. The number of hydrogen-bond donors (Lipinski definition) is 2. The molecular formula is C22H45O6PS. The second-order valence-corrected chi connectivity index (χ2v) is 10.7. The third-order valence-electron chi connectivity index (χ3n) is 5.18. The monoisotopic (exact) mass is 468 g/mol. The van der Waals surface area contributed by atoms with Crippen LogP contribution in [0.25, 0.3) is 0 Å². The molecule has 0 aromatic rings. The molecule has 0 saturated carbocycles. The average molecular weight is 469 g/mol. The highest BCUT2D eigenvalue weighted by molar-refractivity contribution is 8.06. The fourth-order valence-corrected chi connectivity index (χ4v) is 3.81. The van der Waals surface area contributed by atoms with Crippen molar-refractivity contribution in [3.63, 3.8) is 0 Å². The number of unbranched alkanes of at least 4 members (excludes halogenated alkanes) is 14. The van der Waals surface area contributed by atoms with Crippen LogP contribution in [0, 0.1) is 0 Å². The molecule has 0 unspecified atom stereocenters. The summed E-state index contributed by atoms with van der Waals surface area (Å²) in [6, 6.07) is 0. The summed E-state index contributed by atoms with van der Waals surface area (Å²) in [6.07, 6.45) is 19.2. The lowest BCUT2D eigenvalue weighted by Crippen LogP contribution is -2.25. The van der Waals surface area contributed by atoms with Gasteiger partial charge in [-0.25, -0.2) is 0 Å². The third kappa shape index (κ3) is 22.6. The molecule has 0 aliphatic rings. The summed E-state index contributed by atoms with van der Waals surface area (Å²) in [4.78, 5) is 29.8. The van der Waals surface area contributed by atoms with E-state index in [1.54, 1.807) is 0 Å². The first-order chi connectivity index (χ1) is 14.4. The fraction of sp³-hybridized carbons (Fsp3) is 0.955. The molecule has 1 atom stereocenters. The Morgan fingerprint density at radius 2 is 1.23 bits per heavy atom. The second-order valence-electron chi connectivity index (χ2n) is 8.03. The van der Waals surface area contributed by atoms with Gasteiger partial charge in [0.2, 0.25) is 0 Å². The molecule has 0 rings (SSSR count). The minimum Gasteiger partial charge on any atom is -0.463 e. The van der Waals surface area contributed by atoms with Gasteiger partial charge in [0.1, 0.15) is 12.7 Å². The van der Waals surface area contributed by atoms with Crippen molar-refractivity contribution in [3.05, 3.63) is 0 Å². The molecule has 2 N–H and O–H groups in total. The van der Waals surface area contributed by atoms with Gasteiger partial charge < -0.3 is 23.8 Å². The van der Waals surface area contributed by atoms with Crippen LogP contribution in [0.15, 0.2) is 0 Å². The van der Waals surface area contributed by atoms with Crippen molar-refractivity contribution in [1.82, 2.24) is 0 Å². The van der Waals surface area contributed by atoms with Crippen LogP contribution in [0.5, 0.6) is 0 Å². The van der Waals surface area contributed by atoms with Crippen LogP contribution in [0.3, 0.4) is 0 Å². The zero-order chi connectivity index (χ0) is 22.5. The van der Waals surface area contributed by atoms with Gasteiger partial charge in [0.05, 0.1) is 6.61 Å². The van der Waals surface area contributed by atoms with Gasteiger partial charge in [0, 0.05) is 13.5 Å². The van der Waals surface area contributed by atoms with Crippen molar-refractivity contribution in [2.24, 2.45) is 0 Å². The zero-order valence-corrected chi connectivity index (χ0v) is 20.9. The topological polar surface area (TPSA) is 85.2 Å². The molecule has 0 aromatic carbocycles. The van der Waals surface area contributed by atoms with Crippen molar-refractivity contribution < 1.29 is 28.6 Å². The maximum absolute atomic E-state index is 11.8. The Kier molecular flexibility index (Phi) is 20.8. The maximum atomic E-state index is 11.8. The van der Waals surface area contributed by atoms with E-state index in [0.717, 1.165) is 19.3 Å². The molecule has 0 saturated heterocycles. The molecule has 0 aromatic heterocycles. The number of hydrogen-bond acceptors (Lipinski definition) is 5. The predicted molar refractivity (Wildman–Crippen MR) is 126 cm³/mol. The Morgan fingerprint density at radius 3 is 1.63 bits per heavy atom. The van der Waals surface area contributed by atoms with E-state index in [4.69, 9.17) is 23.8 Å². The van der Waals surface area contributed by atoms with Gasteiger partial charge in [0.15, 0.2) is 0 Å². The molecular weight excluding hydrogens is 423 g/mol. The van der Waals surface area contributed by atoms with Crippen LogP contribution in [0.4, 0.5) is 0 Å². The van der Waals surface area contributed by atoms with Gasteiger partial charge in [0.25, 0.3) is 0 Å². The van der Waals surface area contributed by atoms with Crippen LogP contribution in [0.2, 0.25) is 0 Å². The summed E-state index contributed by atoms with van der Waals surface area (Å²) < 4.78 is 15.0. The summed E-state index contributed by atoms with van der Waals surface area (Å²) in [5.74, 6) is -0.265. The van der Waals surface area contributed by atoms with E-state index in [1.165, 1.54) is 84.2 Å². The molecule has 0 amide bonds. The molecule has 0 radical (unpaired) electrons. The van der Waals surface area contributed by atoms with Crippen molar-refractivity contribution in [2.45, 2.75) is 116 Å². The lowest BCUT2D eigenvalue weighted by molar-refractivity contribution is -0.148. The SMILES string of the molecule is CCCCCCCCCCCCCCCCCC(=O)OC[C@H](COP(O)(O)=S)OC. The Balaban J connectivity index is 3.39. The average Bonchev–Trinajstić information content (AvgIpc) is 2.70. The lowest BCUT2D eigenvalue weighted by atomic mass is 10.0. The number of rotatable bonds is 22. The van der Waals surface area contributed by atoms with Crippen LogP contribution < -0.4 is 0 Å². The zero-order valence-electron chi connectivity index (χ0n) is 19.2. The summed E-state index contributed by atoms with van der Waals surface area (Å²) in [6.45, 7) is -1.55. The van der Waals surface area contributed by atoms with Crippen LogP contribution in [0.1, 0.15) is 110 Å². The molecule has 180 valence electrons. The van der Waals surface area contributed by atoms with Crippen molar-refractivity contribution in [3.8, 4) is 0 Å². The smallest absolute Gasteiger partial charge is 0.321 e. The standard InChI is InChI=1S/C22H45O6PS/c1-3-4-5-6-7-8-9-10-11-12-13-14-15-16-17-18-22(23)27-19-21(26-2)20-28-29(24,25)30/h21H,3-20H2,1-2H3,(H2,24,25,30)/t21-/m1/s1. The molecule has 0 aliphatic carbocycles. The van der Waals surface area contributed by atoms with Crippen molar-refractivity contribution in [2.75, 3.05) is 20.3 Å². The minimum absolute atomic E-state index is 0.0173. The molecule has 0 bridgehead atoms. The summed E-state index contributed by atoms with van der Waals surface area (Å²) in [7, 11) is 1.44. The van der Waals surface area contributed by atoms with E-state index in [2.05, 4.69) is 18.7 Å². The van der Waals surface area contributed by atoms with Gasteiger partial charge in [-0.15, -0.1) is 0 Å². The van der Waals surface area contributed by atoms with Crippen molar-refractivity contribution >= 4 is 24.5 Å². The number of methoxy groups -OCH3 is 1. The number of carbonyl (C=O) groups excluding carboxylic acids is 1. The Morgan fingerprint density at radius 1 is 0.800 bits per heavy atom. The molecule has 0 aliphatic heterocycles. The highest BCUT2D eigenvalue weighted by Crippen LogP contribution is 2.36. The van der Waals surface area contributed by atoms with Gasteiger partial charge in [-0.1, -0.05) is 96.8 Å². The molecule has 0 spiro atoms. The van der Waals surface area contributed by atoms with E-state index in [1.807, 2.05) is 0 Å². The van der Waals surface area contributed by atoms with Gasteiger partial charge >= 0.3 is 12.7 Å². The summed E-state index contributed by atoms with van der Waals surface area (Å²) in [5, 5.41) is 0. The van der Waals surface area contributed by atoms with Crippen LogP contribution >= 0.6 is 6.72 Å². The first-order valence-corrected chi connectivity index (χ1v) is 14.4. The normalized spacial score (nSPS) is 12.8. The molecule has 8 heteroatoms. The number of esters is 1. The highest BCUT2D eigenvalue weighted by Gasteiger charge is 2.16. The first kappa shape index (κ1) is 30.0. The maximum Gasteiger partial charge on any atom is 0.321 e. The Bertz CT molecular complexity index is 443. The minimum atomic E-state index is -3.71. The van der Waals surface area contributed by atoms with E-state index >= 15 is 0 Å². The van der Waals surface area contributed by atoms with E-state index in [-0.39, 0.29) is 19.2 Å². The number of carbonyl (C=O) groups is 1. The first-order valence-electron chi connectivity index (χ1n) is 11.8. The number of ether oxygens (including phenoxy) is 2. The molecule has 0 heterocycles. The van der Waals surface area contributed by atoms with Gasteiger partial charge in [-0.05, 0) is 18.2 Å². The van der Waals surface area contributed by atoms with E-state index < -0.39 is 12.8 Å². The highest BCUT2D eigenvalue weighted by atomic mass is 32.5. The largest absolute Gasteiger partial charge is 0.463 e. The third-order valence-corrected chi connectivity index (χ3v) is 5.98. The Hall–Kier alpha value is -0.0400. The molecule has 6 nitrogen and oxygen atoms in total. The van der Waals surface area contributed by atoms with Gasteiger partial charge in [-0.2, -0.15) is 0 Å². The van der Waals surface area contributed by atoms with Gasteiger partial charge in [-0.3, -0.25) is 4.79 Å². The molecule has 0 fully saturated rings.